The molecule has 0 aromatic heterocycles. The van der Waals surface area contributed by atoms with E-state index in [-0.39, 0.29) is 0 Å². The first kappa shape index (κ1) is 12.3. The maximum Gasteiger partial charge on any atom is 0.0250 e. The Morgan fingerprint density at radius 2 is 2.12 bits per heavy atom. The smallest absolute Gasteiger partial charge is 0.0250 e. The molecule has 3 fully saturated rings. The normalized spacial score (nSPS) is 41.6. The highest BCUT2D eigenvalue weighted by atomic mass is 32.2. The monoisotopic (exact) mass is 254 g/mol. The number of rotatable bonds is 2. The molecule has 1 N–H and O–H groups in total. The lowest BCUT2D eigenvalue weighted by atomic mass is 9.81. The molecule has 0 bridgehead atoms. The minimum absolute atomic E-state index is 0.497. The largest absolute Gasteiger partial charge is 0.308 e. The third-order valence-corrected chi connectivity index (χ3v) is 6.20. The zero-order valence-electron chi connectivity index (χ0n) is 11.2. The summed E-state index contributed by atoms with van der Waals surface area (Å²) in [4.78, 5) is 2.71. The Hall–Kier alpha value is 0.270. The molecule has 3 rings (SSSR count). The van der Waals surface area contributed by atoms with Crippen molar-refractivity contribution < 1.29 is 0 Å². The van der Waals surface area contributed by atoms with Gasteiger partial charge < -0.3 is 5.32 Å². The van der Waals surface area contributed by atoms with Crippen LogP contribution in [0.15, 0.2) is 0 Å². The SMILES string of the molecule is CC1(C)CCSCC1NC1CCN2CCCC12. The van der Waals surface area contributed by atoms with E-state index in [1.54, 1.807) is 0 Å². The van der Waals surface area contributed by atoms with Crippen molar-refractivity contribution in [1.29, 1.82) is 0 Å². The molecule has 0 aliphatic carbocycles. The van der Waals surface area contributed by atoms with E-state index in [9.17, 15) is 0 Å². The van der Waals surface area contributed by atoms with Crippen molar-refractivity contribution in [3.63, 3.8) is 0 Å². The Labute approximate surface area is 110 Å². The highest BCUT2D eigenvalue weighted by Gasteiger charge is 2.41. The molecular formula is C14H26N2S. The van der Waals surface area contributed by atoms with Gasteiger partial charge >= 0.3 is 0 Å². The standard InChI is InChI=1S/C14H26N2S/c1-14(2)6-9-17-10-13(14)15-11-5-8-16-7-3-4-12(11)16/h11-13,15H,3-10H2,1-2H3. The van der Waals surface area contributed by atoms with Crippen molar-refractivity contribution in [1.82, 2.24) is 10.2 Å². The summed E-state index contributed by atoms with van der Waals surface area (Å²) in [6, 6.07) is 2.37. The van der Waals surface area contributed by atoms with Gasteiger partial charge in [-0.3, -0.25) is 4.90 Å². The molecule has 0 aromatic rings. The van der Waals surface area contributed by atoms with Crippen molar-refractivity contribution in [2.75, 3.05) is 24.6 Å². The summed E-state index contributed by atoms with van der Waals surface area (Å²) in [7, 11) is 0. The fraction of sp³-hybridized carbons (Fsp3) is 1.00. The second kappa shape index (κ2) is 4.75. The van der Waals surface area contributed by atoms with Crippen molar-refractivity contribution in [3.8, 4) is 0 Å². The van der Waals surface area contributed by atoms with Gasteiger partial charge in [0, 0.05) is 30.4 Å². The average molecular weight is 254 g/mol. The minimum atomic E-state index is 0.497. The average Bonchev–Trinajstić information content (AvgIpc) is 2.85. The molecule has 3 heteroatoms. The molecule has 3 saturated heterocycles. The van der Waals surface area contributed by atoms with Crippen LogP contribution in [0.5, 0.6) is 0 Å². The quantitative estimate of drug-likeness (QED) is 0.814. The molecule has 0 aromatic carbocycles. The van der Waals surface area contributed by atoms with Crippen LogP contribution in [0.2, 0.25) is 0 Å². The van der Waals surface area contributed by atoms with E-state index in [4.69, 9.17) is 0 Å². The van der Waals surface area contributed by atoms with E-state index in [1.165, 1.54) is 50.3 Å². The first-order valence-corrected chi connectivity index (χ1v) is 8.40. The first-order valence-electron chi connectivity index (χ1n) is 7.25. The van der Waals surface area contributed by atoms with E-state index < -0.39 is 0 Å². The minimum Gasteiger partial charge on any atom is -0.308 e. The first-order chi connectivity index (χ1) is 8.17. The van der Waals surface area contributed by atoms with Crippen LogP contribution in [0, 0.1) is 5.41 Å². The molecule has 0 amide bonds. The van der Waals surface area contributed by atoms with Crippen LogP contribution in [-0.2, 0) is 0 Å². The van der Waals surface area contributed by atoms with Crippen molar-refractivity contribution in [3.05, 3.63) is 0 Å². The van der Waals surface area contributed by atoms with Crippen LogP contribution in [0.25, 0.3) is 0 Å². The van der Waals surface area contributed by atoms with Crippen LogP contribution in [0.3, 0.4) is 0 Å². The maximum atomic E-state index is 4.02. The number of hydrogen-bond acceptors (Lipinski definition) is 3. The topological polar surface area (TPSA) is 15.3 Å². The second-order valence-electron chi connectivity index (χ2n) is 6.67. The molecule has 0 spiro atoms. The van der Waals surface area contributed by atoms with E-state index in [0.717, 1.165) is 18.1 Å². The van der Waals surface area contributed by atoms with Crippen LogP contribution in [0.4, 0.5) is 0 Å². The summed E-state index contributed by atoms with van der Waals surface area (Å²) in [5, 5.41) is 4.02. The van der Waals surface area contributed by atoms with Gasteiger partial charge in [-0.05, 0) is 43.4 Å². The number of fused-ring (bicyclic) bond motifs is 1. The van der Waals surface area contributed by atoms with Gasteiger partial charge in [0.15, 0.2) is 0 Å². The summed E-state index contributed by atoms with van der Waals surface area (Å²) >= 11 is 2.14. The second-order valence-corrected chi connectivity index (χ2v) is 7.82. The van der Waals surface area contributed by atoms with Gasteiger partial charge in [-0.1, -0.05) is 13.8 Å². The zero-order valence-corrected chi connectivity index (χ0v) is 12.1. The fourth-order valence-corrected chi connectivity index (χ4v) is 5.37. The summed E-state index contributed by atoms with van der Waals surface area (Å²) in [6.45, 7) is 7.59. The van der Waals surface area contributed by atoms with Crippen molar-refractivity contribution in [2.45, 2.75) is 57.7 Å². The number of hydrogen-bond donors (Lipinski definition) is 1. The molecule has 2 nitrogen and oxygen atoms in total. The van der Waals surface area contributed by atoms with Gasteiger partial charge in [-0.2, -0.15) is 11.8 Å². The summed E-state index contributed by atoms with van der Waals surface area (Å²) in [6.07, 6.45) is 5.60. The Morgan fingerprint density at radius 3 is 2.94 bits per heavy atom. The third-order valence-electron chi connectivity index (χ3n) is 5.14. The molecule has 3 atom stereocenters. The predicted octanol–water partition coefficient (Wildman–Crippen LogP) is 2.34. The van der Waals surface area contributed by atoms with Gasteiger partial charge in [-0.25, -0.2) is 0 Å². The highest BCUT2D eigenvalue weighted by Crippen LogP contribution is 2.36. The van der Waals surface area contributed by atoms with Gasteiger partial charge in [0.05, 0.1) is 0 Å². The summed E-state index contributed by atoms with van der Waals surface area (Å²) in [5.41, 5.74) is 0.497. The Balaban J connectivity index is 1.62. The lowest BCUT2D eigenvalue weighted by molar-refractivity contribution is 0.210. The van der Waals surface area contributed by atoms with E-state index in [0.29, 0.717) is 5.41 Å². The molecule has 0 saturated carbocycles. The van der Waals surface area contributed by atoms with Crippen LogP contribution in [0.1, 0.15) is 39.5 Å². The van der Waals surface area contributed by atoms with Crippen molar-refractivity contribution in [2.24, 2.45) is 5.41 Å². The number of thioether (sulfide) groups is 1. The fourth-order valence-electron chi connectivity index (χ4n) is 3.75. The molecular weight excluding hydrogens is 228 g/mol. The molecule has 98 valence electrons. The Morgan fingerprint density at radius 1 is 1.24 bits per heavy atom. The zero-order chi connectivity index (χ0) is 11.9. The van der Waals surface area contributed by atoms with Crippen LogP contribution >= 0.6 is 11.8 Å². The van der Waals surface area contributed by atoms with Gasteiger partial charge in [0.25, 0.3) is 0 Å². The predicted molar refractivity (Wildman–Crippen MR) is 75.6 cm³/mol. The summed E-state index contributed by atoms with van der Waals surface area (Å²) in [5.74, 6) is 2.67. The third kappa shape index (κ3) is 2.39. The molecule has 0 radical (unpaired) electrons. The van der Waals surface area contributed by atoms with Crippen LogP contribution in [-0.4, -0.2) is 47.6 Å². The summed E-state index contributed by atoms with van der Waals surface area (Å²) < 4.78 is 0. The number of nitrogens with zero attached hydrogens (tertiary/aromatic N) is 1. The lowest BCUT2D eigenvalue weighted by Gasteiger charge is -2.41. The Kier molecular flexibility index (Phi) is 3.44. The molecule has 3 heterocycles. The van der Waals surface area contributed by atoms with Gasteiger partial charge in [0.1, 0.15) is 0 Å². The Bertz CT molecular complexity index is 279. The van der Waals surface area contributed by atoms with E-state index in [2.05, 4.69) is 35.8 Å². The molecule has 3 aliphatic heterocycles. The molecule has 17 heavy (non-hydrogen) atoms. The van der Waals surface area contributed by atoms with Gasteiger partial charge in [-0.15, -0.1) is 0 Å². The highest BCUT2D eigenvalue weighted by molar-refractivity contribution is 7.99. The van der Waals surface area contributed by atoms with Crippen molar-refractivity contribution >= 4 is 11.8 Å². The van der Waals surface area contributed by atoms with Crippen LogP contribution < -0.4 is 5.32 Å². The molecule has 3 unspecified atom stereocenters. The maximum absolute atomic E-state index is 4.02. The lowest BCUT2D eigenvalue weighted by Crippen LogP contribution is -2.53. The van der Waals surface area contributed by atoms with Gasteiger partial charge in [0.2, 0.25) is 0 Å². The van der Waals surface area contributed by atoms with E-state index >= 15 is 0 Å². The van der Waals surface area contributed by atoms with E-state index in [1.807, 2.05) is 0 Å². The molecule has 3 aliphatic rings. The number of nitrogens with one attached hydrogen (secondary N) is 1.